The summed E-state index contributed by atoms with van der Waals surface area (Å²) < 4.78 is 0. The molecule has 0 aliphatic heterocycles. The maximum atomic E-state index is 12.1. The van der Waals surface area contributed by atoms with Gasteiger partial charge in [-0.2, -0.15) is 0 Å². The molecule has 0 radical (unpaired) electrons. The molecule has 110 valence electrons. The summed E-state index contributed by atoms with van der Waals surface area (Å²) in [4.78, 5) is 24.8. The van der Waals surface area contributed by atoms with Crippen molar-refractivity contribution < 1.29 is 9.59 Å². The molecular weight excluding hydrogens is 244 g/mol. The van der Waals surface area contributed by atoms with Gasteiger partial charge in [-0.05, 0) is 18.8 Å². The van der Waals surface area contributed by atoms with Crippen LogP contribution in [0.5, 0.6) is 0 Å². The van der Waals surface area contributed by atoms with Crippen LogP contribution in [0, 0.1) is 11.8 Å². The Morgan fingerprint density at radius 2 is 1.84 bits per heavy atom. The van der Waals surface area contributed by atoms with Crippen molar-refractivity contribution in [2.75, 3.05) is 27.2 Å². The molecule has 0 aromatic carbocycles. The van der Waals surface area contributed by atoms with Crippen LogP contribution in [0.25, 0.3) is 0 Å². The van der Waals surface area contributed by atoms with E-state index in [-0.39, 0.29) is 23.9 Å². The Balaban J connectivity index is 2.28. The predicted molar refractivity (Wildman–Crippen MR) is 74.6 cm³/mol. The number of hydrogen-bond donors (Lipinski definition) is 3. The van der Waals surface area contributed by atoms with Crippen molar-refractivity contribution >= 4 is 11.9 Å². The first-order valence-corrected chi connectivity index (χ1v) is 6.92. The number of amides is 3. The van der Waals surface area contributed by atoms with E-state index in [0.29, 0.717) is 19.0 Å². The Morgan fingerprint density at radius 3 is 2.42 bits per heavy atom. The first kappa shape index (κ1) is 15.8. The Bertz CT molecular complexity index is 310. The smallest absolute Gasteiger partial charge is 0.316 e. The molecule has 1 aliphatic rings. The Hall–Kier alpha value is -1.30. The van der Waals surface area contributed by atoms with E-state index >= 15 is 0 Å². The summed E-state index contributed by atoms with van der Waals surface area (Å²) in [5.74, 6) is 0.247. The summed E-state index contributed by atoms with van der Waals surface area (Å²) in [6.45, 7) is 2.95. The van der Waals surface area contributed by atoms with Crippen LogP contribution in [0.3, 0.4) is 0 Å². The molecule has 1 rings (SSSR count). The van der Waals surface area contributed by atoms with Gasteiger partial charge in [0.25, 0.3) is 0 Å². The molecular formula is C13H26N4O2. The summed E-state index contributed by atoms with van der Waals surface area (Å²) in [6.07, 6.45) is 3.08. The van der Waals surface area contributed by atoms with Gasteiger partial charge in [-0.1, -0.05) is 13.3 Å². The standard InChI is InChI=1S/C13H26N4O2/c1-9-5-4-6-10(14)11(9)12(18)15-7-8-16-13(19)17(2)3/h9-11H,4-8,14H2,1-3H3,(H,15,18)(H,16,19). The van der Waals surface area contributed by atoms with Crippen LogP contribution in [0.15, 0.2) is 0 Å². The van der Waals surface area contributed by atoms with Crippen molar-refractivity contribution in [2.24, 2.45) is 17.6 Å². The molecule has 0 aromatic rings. The molecule has 0 spiro atoms. The largest absolute Gasteiger partial charge is 0.354 e. The molecule has 0 saturated heterocycles. The molecule has 1 saturated carbocycles. The van der Waals surface area contributed by atoms with Crippen molar-refractivity contribution in [3.05, 3.63) is 0 Å². The lowest BCUT2D eigenvalue weighted by Crippen LogP contribution is -2.48. The molecule has 3 atom stereocenters. The second kappa shape index (κ2) is 7.33. The van der Waals surface area contributed by atoms with E-state index in [2.05, 4.69) is 17.6 Å². The van der Waals surface area contributed by atoms with Crippen molar-refractivity contribution in [1.82, 2.24) is 15.5 Å². The number of carbonyl (C=O) groups is 2. The molecule has 6 heteroatoms. The average molecular weight is 270 g/mol. The quantitative estimate of drug-likeness (QED) is 0.635. The molecule has 3 amide bonds. The van der Waals surface area contributed by atoms with Gasteiger partial charge < -0.3 is 21.3 Å². The van der Waals surface area contributed by atoms with E-state index in [1.54, 1.807) is 14.1 Å². The van der Waals surface area contributed by atoms with E-state index in [4.69, 9.17) is 5.73 Å². The first-order valence-electron chi connectivity index (χ1n) is 6.92. The van der Waals surface area contributed by atoms with Crippen molar-refractivity contribution in [3.63, 3.8) is 0 Å². The summed E-state index contributed by atoms with van der Waals surface area (Å²) in [6, 6.07) is -0.197. The van der Waals surface area contributed by atoms with Gasteiger partial charge in [0.15, 0.2) is 0 Å². The number of hydrogen-bond acceptors (Lipinski definition) is 3. The van der Waals surface area contributed by atoms with E-state index in [9.17, 15) is 9.59 Å². The molecule has 3 unspecified atom stereocenters. The van der Waals surface area contributed by atoms with Gasteiger partial charge in [0, 0.05) is 33.2 Å². The Morgan fingerprint density at radius 1 is 1.21 bits per heavy atom. The van der Waals surface area contributed by atoms with E-state index < -0.39 is 0 Å². The normalized spacial score (nSPS) is 26.6. The third kappa shape index (κ3) is 4.70. The highest BCUT2D eigenvalue weighted by atomic mass is 16.2. The zero-order valence-electron chi connectivity index (χ0n) is 12.1. The molecule has 0 heterocycles. The second-order valence-electron chi connectivity index (χ2n) is 5.52. The molecule has 1 aliphatic carbocycles. The first-order chi connectivity index (χ1) is 8.93. The summed E-state index contributed by atoms with van der Waals surface area (Å²) in [7, 11) is 3.35. The topological polar surface area (TPSA) is 87.5 Å². The number of nitrogens with one attached hydrogen (secondary N) is 2. The lowest BCUT2D eigenvalue weighted by atomic mass is 9.76. The molecule has 1 fully saturated rings. The van der Waals surface area contributed by atoms with Crippen LogP contribution in [-0.4, -0.2) is 50.1 Å². The van der Waals surface area contributed by atoms with Crippen molar-refractivity contribution in [3.8, 4) is 0 Å². The van der Waals surface area contributed by atoms with E-state index in [1.807, 2.05) is 0 Å². The molecule has 19 heavy (non-hydrogen) atoms. The Labute approximate surface area is 115 Å². The zero-order valence-corrected chi connectivity index (χ0v) is 12.1. The van der Waals surface area contributed by atoms with Crippen LogP contribution < -0.4 is 16.4 Å². The molecule has 0 aromatic heterocycles. The van der Waals surface area contributed by atoms with Gasteiger partial charge in [-0.15, -0.1) is 0 Å². The fourth-order valence-electron chi connectivity index (χ4n) is 2.54. The Kier molecular flexibility index (Phi) is 6.08. The SMILES string of the molecule is CC1CCCC(N)C1C(=O)NCCNC(=O)N(C)C. The number of nitrogens with two attached hydrogens (primary N) is 1. The van der Waals surface area contributed by atoms with Gasteiger partial charge in [0.1, 0.15) is 0 Å². The highest BCUT2D eigenvalue weighted by Crippen LogP contribution is 2.28. The highest BCUT2D eigenvalue weighted by molar-refractivity contribution is 5.80. The number of carbonyl (C=O) groups excluding carboxylic acids is 2. The lowest BCUT2D eigenvalue weighted by molar-refractivity contribution is -0.128. The fraction of sp³-hybridized carbons (Fsp3) is 0.846. The molecule has 6 nitrogen and oxygen atoms in total. The minimum absolute atomic E-state index is 0.0128. The second-order valence-corrected chi connectivity index (χ2v) is 5.52. The highest BCUT2D eigenvalue weighted by Gasteiger charge is 2.33. The number of nitrogens with zero attached hydrogens (tertiary/aromatic N) is 1. The van der Waals surface area contributed by atoms with Crippen LogP contribution in [0.2, 0.25) is 0 Å². The average Bonchev–Trinajstić information content (AvgIpc) is 2.34. The number of rotatable bonds is 4. The third-order valence-corrected chi connectivity index (χ3v) is 3.68. The van der Waals surface area contributed by atoms with Crippen LogP contribution in [0.4, 0.5) is 4.79 Å². The summed E-state index contributed by atoms with van der Waals surface area (Å²) in [5.41, 5.74) is 6.03. The van der Waals surface area contributed by atoms with Gasteiger partial charge in [-0.3, -0.25) is 4.79 Å². The van der Waals surface area contributed by atoms with Gasteiger partial charge in [-0.25, -0.2) is 4.79 Å². The minimum atomic E-state index is -0.156. The van der Waals surface area contributed by atoms with E-state index in [1.165, 1.54) is 4.90 Å². The maximum absolute atomic E-state index is 12.1. The van der Waals surface area contributed by atoms with E-state index in [0.717, 1.165) is 19.3 Å². The van der Waals surface area contributed by atoms with Crippen molar-refractivity contribution in [1.29, 1.82) is 0 Å². The molecule has 4 N–H and O–H groups in total. The summed E-state index contributed by atoms with van der Waals surface area (Å²) in [5, 5.41) is 5.56. The lowest BCUT2D eigenvalue weighted by Gasteiger charge is -2.33. The van der Waals surface area contributed by atoms with Crippen LogP contribution in [-0.2, 0) is 4.79 Å². The van der Waals surface area contributed by atoms with Gasteiger partial charge >= 0.3 is 6.03 Å². The van der Waals surface area contributed by atoms with Gasteiger partial charge in [0.05, 0.1) is 5.92 Å². The van der Waals surface area contributed by atoms with Crippen LogP contribution >= 0.6 is 0 Å². The molecule has 0 bridgehead atoms. The van der Waals surface area contributed by atoms with Crippen molar-refractivity contribution in [2.45, 2.75) is 32.2 Å². The number of urea groups is 1. The summed E-state index contributed by atoms with van der Waals surface area (Å²) >= 11 is 0. The zero-order chi connectivity index (χ0) is 14.4. The fourth-order valence-corrected chi connectivity index (χ4v) is 2.54. The maximum Gasteiger partial charge on any atom is 0.316 e. The van der Waals surface area contributed by atoms with Crippen LogP contribution in [0.1, 0.15) is 26.2 Å². The monoisotopic (exact) mass is 270 g/mol. The third-order valence-electron chi connectivity index (χ3n) is 3.68. The van der Waals surface area contributed by atoms with Gasteiger partial charge in [0.2, 0.25) is 5.91 Å². The minimum Gasteiger partial charge on any atom is -0.354 e. The predicted octanol–water partition coefficient (Wildman–Crippen LogP) is 0.137.